The van der Waals surface area contributed by atoms with E-state index < -0.39 is 0 Å². The number of hydrogen-bond donors (Lipinski definition) is 0. The van der Waals surface area contributed by atoms with E-state index in [0.717, 1.165) is 60.8 Å². The normalized spacial score (nSPS) is 11.2. The number of para-hydroxylation sites is 1. The Morgan fingerprint density at radius 2 is 1.00 bits per heavy atom. The van der Waals surface area contributed by atoms with Gasteiger partial charge in [-0.15, -0.1) is 0 Å². The van der Waals surface area contributed by atoms with Crippen LogP contribution in [-0.2, 0) is 0 Å². The smallest absolute Gasteiger partial charge is 0.187 e. The van der Waals surface area contributed by atoms with E-state index in [1.54, 1.807) is 0 Å². The zero-order chi connectivity index (χ0) is 29.5. The molecule has 0 unspecified atom stereocenters. The van der Waals surface area contributed by atoms with Crippen LogP contribution in [0.5, 0.6) is 0 Å². The summed E-state index contributed by atoms with van der Waals surface area (Å²) in [5.74, 6) is 0.716. The lowest BCUT2D eigenvalue weighted by Crippen LogP contribution is -1.96. The zero-order valence-corrected chi connectivity index (χ0v) is 23.8. The van der Waals surface area contributed by atoms with E-state index >= 15 is 0 Å². The highest BCUT2D eigenvalue weighted by Crippen LogP contribution is 2.37. The van der Waals surface area contributed by atoms with Gasteiger partial charge in [0.1, 0.15) is 0 Å². The highest BCUT2D eigenvalue weighted by molar-refractivity contribution is 6.05. The van der Waals surface area contributed by atoms with Gasteiger partial charge in [-0.2, -0.15) is 0 Å². The maximum Gasteiger partial charge on any atom is 0.187 e. The van der Waals surface area contributed by atoms with Crippen LogP contribution >= 0.6 is 0 Å². The molecule has 204 valence electrons. The molecular weight excluding hydrogens is 534 g/mol. The van der Waals surface area contributed by atoms with Crippen molar-refractivity contribution in [2.24, 2.45) is 0 Å². The minimum Gasteiger partial charge on any atom is -0.238 e. The predicted octanol–water partition coefficient (Wildman–Crippen LogP) is 11.2. The van der Waals surface area contributed by atoms with E-state index in [1.807, 2.05) is 36.4 Å². The van der Waals surface area contributed by atoms with Gasteiger partial charge in [0, 0.05) is 16.5 Å². The third-order valence-corrected chi connectivity index (χ3v) is 8.32. The number of nitrogens with zero attached hydrogens (tertiary/aromatic N) is 3. The molecular formula is C41H25N3. The van der Waals surface area contributed by atoms with Crippen molar-refractivity contribution in [2.75, 3.05) is 0 Å². The van der Waals surface area contributed by atoms with E-state index in [9.17, 15) is 0 Å². The third kappa shape index (κ3) is 4.47. The first-order chi connectivity index (χ1) is 21.7. The van der Waals surface area contributed by atoms with Crippen molar-refractivity contribution in [1.29, 1.82) is 0 Å². The van der Waals surface area contributed by atoms with Crippen molar-refractivity contribution >= 4 is 38.1 Å². The van der Waals surface area contributed by atoms with Gasteiger partial charge in [-0.25, -0.2) is 14.8 Å². The van der Waals surface area contributed by atoms with Crippen LogP contribution in [0.2, 0.25) is 0 Å². The Morgan fingerprint density at radius 3 is 1.75 bits per heavy atom. The van der Waals surface area contributed by atoms with Gasteiger partial charge >= 0.3 is 0 Å². The second kappa shape index (κ2) is 10.6. The number of hydrogen-bond acceptors (Lipinski definition) is 2. The van der Waals surface area contributed by atoms with Gasteiger partial charge in [-0.1, -0.05) is 133 Å². The van der Waals surface area contributed by atoms with Crippen molar-refractivity contribution in [3.05, 3.63) is 163 Å². The average Bonchev–Trinajstić information content (AvgIpc) is 3.10. The first kappa shape index (κ1) is 25.6. The Morgan fingerprint density at radius 1 is 0.432 bits per heavy atom. The van der Waals surface area contributed by atoms with Crippen LogP contribution in [0.4, 0.5) is 5.69 Å². The fourth-order valence-corrected chi connectivity index (χ4v) is 6.07. The monoisotopic (exact) mass is 559 g/mol. The fraction of sp³-hybridized carbons (Fsp3) is 0. The molecule has 0 bridgehead atoms. The lowest BCUT2D eigenvalue weighted by molar-refractivity contribution is 1.23. The summed E-state index contributed by atoms with van der Waals surface area (Å²) in [6.45, 7) is 7.21. The second-order valence-electron chi connectivity index (χ2n) is 10.9. The third-order valence-electron chi connectivity index (χ3n) is 8.32. The SMILES string of the molecule is [C-]#[N+]c1ccc(-c2ccc(-c3ccc(-c4nc(-c5ccc6ccccc6c5)c5ccccc5n4)c4ccccc34)cc2)cc1. The van der Waals surface area contributed by atoms with E-state index in [2.05, 4.69) is 120 Å². The zero-order valence-electron chi connectivity index (χ0n) is 23.8. The van der Waals surface area contributed by atoms with Crippen LogP contribution < -0.4 is 0 Å². The lowest BCUT2D eigenvalue weighted by atomic mass is 9.93. The molecule has 0 spiro atoms. The topological polar surface area (TPSA) is 30.1 Å². The van der Waals surface area contributed by atoms with Crippen molar-refractivity contribution in [3.63, 3.8) is 0 Å². The summed E-state index contributed by atoms with van der Waals surface area (Å²) in [7, 11) is 0. The van der Waals surface area contributed by atoms with E-state index in [-0.39, 0.29) is 0 Å². The van der Waals surface area contributed by atoms with Gasteiger partial charge in [0.05, 0.1) is 17.8 Å². The molecule has 44 heavy (non-hydrogen) atoms. The summed E-state index contributed by atoms with van der Waals surface area (Å²) in [4.78, 5) is 13.8. The van der Waals surface area contributed by atoms with Gasteiger partial charge < -0.3 is 0 Å². The number of rotatable bonds is 4. The van der Waals surface area contributed by atoms with Gasteiger partial charge in [0.15, 0.2) is 11.5 Å². The minimum atomic E-state index is 0.650. The first-order valence-electron chi connectivity index (χ1n) is 14.6. The molecule has 0 aliphatic rings. The molecule has 8 aromatic rings. The largest absolute Gasteiger partial charge is 0.238 e. The molecule has 0 atom stereocenters. The van der Waals surface area contributed by atoms with Crippen LogP contribution in [0.25, 0.3) is 82.2 Å². The lowest BCUT2D eigenvalue weighted by Gasteiger charge is -2.14. The second-order valence-corrected chi connectivity index (χ2v) is 10.9. The summed E-state index contributed by atoms with van der Waals surface area (Å²) >= 11 is 0. The minimum absolute atomic E-state index is 0.650. The van der Waals surface area contributed by atoms with Gasteiger partial charge in [-0.3, -0.25) is 0 Å². The maximum absolute atomic E-state index is 7.21. The van der Waals surface area contributed by atoms with E-state index in [0.29, 0.717) is 11.5 Å². The molecule has 3 heteroatoms. The van der Waals surface area contributed by atoms with Crippen molar-refractivity contribution in [1.82, 2.24) is 9.97 Å². The Balaban J connectivity index is 1.25. The van der Waals surface area contributed by atoms with Crippen LogP contribution in [0.1, 0.15) is 0 Å². The molecule has 7 aromatic carbocycles. The molecule has 1 aromatic heterocycles. The summed E-state index contributed by atoms with van der Waals surface area (Å²) < 4.78 is 0. The summed E-state index contributed by atoms with van der Waals surface area (Å²) in [5.41, 5.74) is 9.12. The molecule has 0 radical (unpaired) electrons. The summed E-state index contributed by atoms with van der Waals surface area (Å²) in [5, 5.41) is 5.71. The molecule has 0 N–H and O–H groups in total. The van der Waals surface area contributed by atoms with Crippen molar-refractivity contribution in [3.8, 4) is 44.9 Å². The highest BCUT2D eigenvalue weighted by Gasteiger charge is 2.15. The highest BCUT2D eigenvalue weighted by atomic mass is 14.9. The summed E-state index contributed by atoms with van der Waals surface area (Å²) in [6, 6.07) is 52.4. The van der Waals surface area contributed by atoms with Crippen LogP contribution in [-0.4, -0.2) is 9.97 Å². The molecule has 1 heterocycles. The van der Waals surface area contributed by atoms with Gasteiger partial charge in [0.25, 0.3) is 0 Å². The first-order valence-corrected chi connectivity index (χ1v) is 14.6. The van der Waals surface area contributed by atoms with Crippen LogP contribution in [0, 0.1) is 6.57 Å². The Kier molecular flexibility index (Phi) is 6.18. The molecule has 0 saturated carbocycles. The number of aromatic nitrogens is 2. The van der Waals surface area contributed by atoms with Gasteiger partial charge in [0.2, 0.25) is 0 Å². The van der Waals surface area contributed by atoms with Crippen LogP contribution in [0.3, 0.4) is 0 Å². The Hall–Kier alpha value is -6.11. The summed E-state index contributed by atoms with van der Waals surface area (Å²) in [6.07, 6.45) is 0. The van der Waals surface area contributed by atoms with Gasteiger partial charge in [-0.05, 0) is 62.0 Å². The molecule has 0 saturated heterocycles. The molecule has 0 amide bonds. The van der Waals surface area contributed by atoms with E-state index in [4.69, 9.17) is 16.5 Å². The molecule has 0 aliphatic carbocycles. The average molecular weight is 560 g/mol. The Labute approximate surface area is 255 Å². The molecule has 0 fully saturated rings. The fourth-order valence-electron chi connectivity index (χ4n) is 6.07. The molecule has 8 rings (SSSR count). The van der Waals surface area contributed by atoms with Crippen molar-refractivity contribution in [2.45, 2.75) is 0 Å². The van der Waals surface area contributed by atoms with E-state index in [1.165, 1.54) is 10.8 Å². The standard InChI is InChI=1S/C41H25N3/c1-42-33-22-20-29(21-23-33)28-14-17-30(18-15-28)34-24-25-37(36-11-5-4-10-35(34)36)41-43-39-13-7-6-12-38(39)40(44-41)32-19-16-27-8-2-3-9-31(27)26-32/h2-26H. The van der Waals surface area contributed by atoms with Crippen molar-refractivity contribution < 1.29 is 0 Å². The molecule has 3 nitrogen and oxygen atoms in total. The van der Waals surface area contributed by atoms with Crippen LogP contribution in [0.15, 0.2) is 152 Å². The number of benzene rings is 7. The number of fused-ring (bicyclic) bond motifs is 3. The molecule has 0 aliphatic heterocycles. The maximum atomic E-state index is 7.21. The quantitative estimate of drug-likeness (QED) is 0.201. The predicted molar refractivity (Wildman–Crippen MR) is 183 cm³/mol. The Bertz CT molecular complexity index is 2380.